The van der Waals surface area contributed by atoms with Gasteiger partial charge in [-0.15, -0.1) is 0 Å². The molecule has 1 aliphatic rings. The van der Waals surface area contributed by atoms with E-state index in [2.05, 4.69) is 25.9 Å². The van der Waals surface area contributed by atoms with Gasteiger partial charge in [0.2, 0.25) is 11.9 Å². The number of rotatable bonds is 6. The number of nitrogens with one attached hydrogen (secondary N) is 3. The van der Waals surface area contributed by atoms with Crippen LogP contribution in [0.1, 0.15) is 30.1 Å². The standard InChI is InChI=1S/C18H21N5O3/c1-12(24)22-14-4-6-15(7-5-14)23-18-20-9-13(10-21-18)17(25)19-11-16-3-2-8-26-16/h4-7,9-10,16H,2-3,8,11H2,1H3,(H,19,25)(H,22,24)(H,20,21,23). The molecule has 8 heteroatoms. The molecule has 3 rings (SSSR count). The molecule has 1 aromatic heterocycles. The highest BCUT2D eigenvalue weighted by Gasteiger charge is 2.17. The summed E-state index contributed by atoms with van der Waals surface area (Å²) in [6.45, 7) is 2.72. The lowest BCUT2D eigenvalue weighted by Crippen LogP contribution is -2.31. The lowest BCUT2D eigenvalue weighted by atomic mass is 10.2. The third-order valence-corrected chi connectivity index (χ3v) is 3.89. The number of nitrogens with zero attached hydrogens (tertiary/aromatic N) is 2. The van der Waals surface area contributed by atoms with E-state index in [0.717, 1.165) is 25.1 Å². The second-order valence-electron chi connectivity index (χ2n) is 6.02. The van der Waals surface area contributed by atoms with Gasteiger partial charge in [0.15, 0.2) is 0 Å². The van der Waals surface area contributed by atoms with Crippen LogP contribution in [0.3, 0.4) is 0 Å². The fourth-order valence-corrected chi connectivity index (χ4v) is 2.59. The minimum absolute atomic E-state index is 0.0984. The molecule has 3 N–H and O–H groups in total. The second-order valence-corrected chi connectivity index (χ2v) is 6.02. The highest BCUT2D eigenvalue weighted by atomic mass is 16.5. The molecule has 1 aromatic carbocycles. The van der Waals surface area contributed by atoms with Crippen molar-refractivity contribution in [1.82, 2.24) is 15.3 Å². The average molecular weight is 355 g/mol. The maximum Gasteiger partial charge on any atom is 0.254 e. The van der Waals surface area contributed by atoms with Crippen LogP contribution in [-0.4, -0.2) is 41.0 Å². The molecule has 2 amide bonds. The van der Waals surface area contributed by atoms with Gasteiger partial charge in [-0.1, -0.05) is 0 Å². The summed E-state index contributed by atoms with van der Waals surface area (Å²) in [6.07, 6.45) is 5.06. The molecule has 0 spiro atoms. The minimum atomic E-state index is -0.216. The number of carbonyl (C=O) groups is 2. The zero-order valence-electron chi connectivity index (χ0n) is 14.5. The van der Waals surface area contributed by atoms with Crippen molar-refractivity contribution in [2.75, 3.05) is 23.8 Å². The molecule has 1 fully saturated rings. The number of ether oxygens (including phenoxy) is 1. The molecule has 0 bridgehead atoms. The first-order chi connectivity index (χ1) is 12.6. The molecule has 1 saturated heterocycles. The van der Waals surface area contributed by atoms with Gasteiger partial charge >= 0.3 is 0 Å². The zero-order valence-corrected chi connectivity index (χ0v) is 14.5. The van der Waals surface area contributed by atoms with Gasteiger partial charge in [0, 0.05) is 43.8 Å². The monoisotopic (exact) mass is 355 g/mol. The summed E-state index contributed by atoms with van der Waals surface area (Å²) in [4.78, 5) is 31.4. The van der Waals surface area contributed by atoms with E-state index in [4.69, 9.17) is 4.74 Å². The van der Waals surface area contributed by atoms with E-state index in [0.29, 0.717) is 23.7 Å². The second kappa shape index (κ2) is 8.39. The Labute approximate surface area is 151 Å². The first kappa shape index (κ1) is 17.8. The Morgan fingerprint density at radius 2 is 1.85 bits per heavy atom. The molecule has 2 aromatic rings. The van der Waals surface area contributed by atoms with Crippen molar-refractivity contribution in [3.8, 4) is 0 Å². The van der Waals surface area contributed by atoms with E-state index in [1.165, 1.54) is 19.3 Å². The molecule has 0 radical (unpaired) electrons. The van der Waals surface area contributed by atoms with Crippen LogP contribution in [0.15, 0.2) is 36.7 Å². The van der Waals surface area contributed by atoms with Gasteiger partial charge in [-0.3, -0.25) is 9.59 Å². The van der Waals surface area contributed by atoms with Gasteiger partial charge in [0.25, 0.3) is 5.91 Å². The topological polar surface area (TPSA) is 105 Å². The molecule has 1 unspecified atom stereocenters. The molecule has 136 valence electrons. The number of amides is 2. The maximum absolute atomic E-state index is 12.1. The highest BCUT2D eigenvalue weighted by molar-refractivity contribution is 5.93. The minimum Gasteiger partial charge on any atom is -0.376 e. The van der Waals surface area contributed by atoms with Crippen molar-refractivity contribution >= 4 is 29.1 Å². The number of carbonyl (C=O) groups excluding carboxylic acids is 2. The first-order valence-electron chi connectivity index (χ1n) is 8.47. The SMILES string of the molecule is CC(=O)Nc1ccc(Nc2ncc(C(=O)NCC3CCCO3)cn2)cc1. The molecule has 2 heterocycles. The Balaban J connectivity index is 1.53. The van der Waals surface area contributed by atoms with E-state index >= 15 is 0 Å². The highest BCUT2D eigenvalue weighted by Crippen LogP contribution is 2.16. The molecule has 26 heavy (non-hydrogen) atoms. The van der Waals surface area contributed by atoms with Crippen LogP contribution in [0, 0.1) is 0 Å². The van der Waals surface area contributed by atoms with Crippen molar-refractivity contribution in [3.63, 3.8) is 0 Å². The van der Waals surface area contributed by atoms with E-state index in [1.54, 1.807) is 24.3 Å². The lowest BCUT2D eigenvalue weighted by Gasteiger charge is -2.11. The van der Waals surface area contributed by atoms with Gasteiger partial charge in [-0.2, -0.15) is 0 Å². The third kappa shape index (κ3) is 5.00. The Morgan fingerprint density at radius 1 is 1.15 bits per heavy atom. The number of aromatic nitrogens is 2. The van der Waals surface area contributed by atoms with Crippen molar-refractivity contribution in [2.45, 2.75) is 25.9 Å². The Morgan fingerprint density at radius 3 is 2.46 bits per heavy atom. The predicted molar refractivity (Wildman–Crippen MR) is 97.4 cm³/mol. The van der Waals surface area contributed by atoms with Crippen molar-refractivity contribution in [3.05, 3.63) is 42.2 Å². The molecule has 8 nitrogen and oxygen atoms in total. The van der Waals surface area contributed by atoms with Crippen molar-refractivity contribution in [1.29, 1.82) is 0 Å². The molecule has 1 aliphatic heterocycles. The van der Waals surface area contributed by atoms with Crippen LogP contribution in [-0.2, 0) is 9.53 Å². The summed E-state index contributed by atoms with van der Waals surface area (Å²) in [7, 11) is 0. The number of anilines is 3. The molecular weight excluding hydrogens is 334 g/mol. The Bertz CT molecular complexity index is 755. The zero-order chi connectivity index (χ0) is 18.4. The van der Waals surface area contributed by atoms with Crippen LogP contribution in [0.25, 0.3) is 0 Å². The van der Waals surface area contributed by atoms with Gasteiger partial charge in [0.1, 0.15) is 0 Å². The van der Waals surface area contributed by atoms with E-state index in [1.807, 2.05) is 0 Å². The first-order valence-corrected chi connectivity index (χ1v) is 8.47. The quantitative estimate of drug-likeness (QED) is 0.733. The normalized spacial score (nSPS) is 16.1. The number of benzene rings is 1. The lowest BCUT2D eigenvalue weighted by molar-refractivity contribution is -0.114. The number of hydrogen-bond donors (Lipinski definition) is 3. The molecule has 0 saturated carbocycles. The van der Waals surface area contributed by atoms with Crippen LogP contribution >= 0.6 is 0 Å². The fraction of sp³-hybridized carbons (Fsp3) is 0.333. The summed E-state index contributed by atoms with van der Waals surface area (Å²) in [5.74, 6) is 0.0436. The van der Waals surface area contributed by atoms with Crippen LogP contribution in [0.2, 0.25) is 0 Å². The third-order valence-electron chi connectivity index (χ3n) is 3.89. The summed E-state index contributed by atoms with van der Waals surface area (Å²) < 4.78 is 5.48. The molecule has 1 atom stereocenters. The summed E-state index contributed by atoms with van der Waals surface area (Å²) in [6, 6.07) is 7.15. The average Bonchev–Trinajstić information content (AvgIpc) is 3.15. The molecule has 0 aliphatic carbocycles. The summed E-state index contributed by atoms with van der Waals surface area (Å²) >= 11 is 0. The Hall–Kier alpha value is -3.00. The Kier molecular flexibility index (Phi) is 5.75. The van der Waals surface area contributed by atoms with E-state index in [-0.39, 0.29) is 17.9 Å². The summed E-state index contributed by atoms with van der Waals surface area (Å²) in [5.41, 5.74) is 1.88. The summed E-state index contributed by atoms with van der Waals surface area (Å²) in [5, 5.41) is 8.57. The maximum atomic E-state index is 12.1. The smallest absolute Gasteiger partial charge is 0.254 e. The van der Waals surface area contributed by atoms with Gasteiger partial charge in [-0.05, 0) is 37.1 Å². The fourth-order valence-electron chi connectivity index (χ4n) is 2.59. The van der Waals surface area contributed by atoms with Crippen molar-refractivity contribution in [2.24, 2.45) is 0 Å². The number of hydrogen-bond acceptors (Lipinski definition) is 6. The van der Waals surface area contributed by atoms with Crippen LogP contribution < -0.4 is 16.0 Å². The largest absolute Gasteiger partial charge is 0.376 e. The van der Waals surface area contributed by atoms with Gasteiger partial charge in [-0.25, -0.2) is 9.97 Å². The van der Waals surface area contributed by atoms with E-state index < -0.39 is 0 Å². The molecular formula is C18H21N5O3. The van der Waals surface area contributed by atoms with Gasteiger partial charge < -0.3 is 20.7 Å². The van der Waals surface area contributed by atoms with Crippen molar-refractivity contribution < 1.29 is 14.3 Å². The van der Waals surface area contributed by atoms with E-state index in [9.17, 15) is 9.59 Å². The predicted octanol–water partition coefficient (Wildman–Crippen LogP) is 2.09. The van der Waals surface area contributed by atoms with Crippen LogP contribution in [0.5, 0.6) is 0 Å². The van der Waals surface area contributed by atoms with Gasteiger partial charge in [0.05, 0.1) is 11.7 Å². The van der Waals surface area contributed by atoms with Crippen LogP contribution in [0.4, 0.5) is 17.3 Å².